The van der Waals surface area contributed by atoms with Crippen molar-refractivity contribution >= 4 is 18.0 Å². The highest BCUT2D eigenvalue weighted by atomic mass is 19.4. The normalized spacial score (nSPS) is 11.3. The molecule has 6 nitrogen and oxygen atoms in total. The molecule has 0 radical (unpaired) electrons. The Balaban J connectivity index is 2.14. The number of benzene rings is 2. The van der Waals surface area contributed by atoms with Gasteiger partial charge in [0.25, 0.3) is 0 Å². The number of halogens is 3. The summed E-state index contributed by atoms with van der Waals surface area (Å²) in [5.41, 5.74) is 0.504. The Labute approximate surface area is 151 Å². The number of carboxylic acid groups (broad SMARTS) is 1. The Morgan fingerprint density at radius 1 is 1.04 bits per heavy atom. The second-order valence-corrected chi connectivity index (χ2v) is 5.04. The molecule has 0 unspecified atom stereocenters. The molecular formula is C18H13F3O6. The molecule has 0 spiro atoms. The maximum atomic E-state index is 12.1. The van der Waals surface area contributed by atoms with Crippen LogP contribution in [0, 0.1) is 0 Å². The zero-order chi connectivity index (χ0) is 20.0. The molecule has 0 heterocycles. The minimum absolute atomic E-state index is 0.00132. The van der Waals surface area contributed by atoms with Crippen molar-refractivity contribution < 1.29 is 42.1 Å². The van der Waals surface area contributed by atoms with Crippen LogP contribution in [0.15, 0.2) is 48.5 Å². The molecule has 0 fully saturated rings. The lowest BCUT2D eigenvalue weighted by Crippen LogP contribution is -2.17. The van der Waals surface area contributed by atoms with E-state index >= 15 is 0 Å². The smallest absolute Gasteiger partial charge is 0.493 e. The molecule has 2 aromatic rings. The molecular weight excluding hydrogens is 369 g/mol. The maximum absolute atomic E-state index is 12.1. The largest absolute Gasteiger partial charge is 0.573 e. The summed E-state index contributed by atoms with van der Waals surface area (Å²) in [6.45, 7) is 0. The van der Waals surface area contributed by atoms with Crippen molar-refractivity contribution in [3.8, 4) is 17.2 Å². The van der Waals surface area contributed by atoms with Gasteiger partial charge in [-0.05, 0) is 48.0 Å². The number of alkyl halides is 3. The summed E-state index contributed by atoms with van der Waals surface area (Å²) in [6, 6.07) is 8.59. The SMILES string of the molecule is COc1cc(/C=C/C(=O)O)ccc1OC(=O)c1ccc(OC(F)(F)F)cc1. The summed E-state index contributed by atoms with van der Waals surface area (Å²) in [7, 11) is 1.33. The Morgan fingerprint density at radius 3 is 2.26 bits per heavy atom. The van der Waals surface area contributed by atoms with Crippen molar-refractivity contribution in [2.24, 2.45) is 0 Å². The number of methoxy groups -OCH3 is 1. The second kappa shape index (κ2) is 8.26. The predicted octanol–water partition coefficient (Wildman–Crippen LogP) is 3.91. The first-order valence-electron chi connectivity index (χ1n) is 7.35. The van der Waals surface area contributed by atoms with E-state index in [1.165, 1.54) is 31.4 Å². The topological polar surface area (TPSA) is 82.1 Å². The van der Waals surface area contributed by atoms with Gasteiger partial charge in [0.1, 0.15) is 5.75 Å². The fraction of sp³-hybridized carbons (Fsp3) is 0.111. The minimum atomic E-state index is -4.83. The fourth-order valence-corrected chi connectivity index (χ4v) is 1.99. The first kappa shape index (κ1) is 19.8. The second-order valence-electron chi connectivity index (χ2n) is 5.04. The third-order valence-corrected chi connectivity index (χ3v) is 3.13. The highest BCUT2D eigenvalue weighted by Crippen LogP contribution is 2.30. The Bertz CT molecular complexity index is 856. The van der Waals surface area contributed by atoms with Gasteiger partial charge in [0.2, 0.25) is 0 Å². The number of aliphatic carboxylic acids is 1. The molecule has 0 atom stereocenters. The van der Waals surface area contributed by atoms with Gasteiger partial charge in [0.05, 0.1) is 12.7 Å². The van der Waals surface area contributed by atoms with Gasteiger partial charge in [-0.1, -0.05) is 6.07 Å². The highest BCUT2D eigenvalue weighted by molar-refractivity contribution is 5.91. The van der Waals surface area contributed by atoms with Crippen LogP contribution in [0.3, 0.4) is 0 Å². The Morgan fingerprint density at radius 2 is 1.70 bits per heavy atom. The van der Waals surface area contributed by atoms with E-state index in [-0.39, 0.29) is 17.1 Å². The number of hydrogen-bond donors (Lipinski definition) is 1. The van der Waals surface area contributed by atoms with Crippen LogP contribution in [0.25, 0.3) is 6.08 Å². The molecule has 142 valence electrons. The van der Waals surface area contributed by atoms with Crippen LogP contribution in [0.5, 0.6) is 17.2 Å². The van der Waals surface area contributed by atoms with E-state index in [2.05, 4.69) is 4.74 Å². The number of rotatable bonds is 6. The van der Waals surface area contributed by atoms with Gasteiger partial charge in [-0.2, -0.15) is 0 Å². The van der Waals surface area contributed by atoms with E-state index in [9.17, 15) is 22.8 Å². The lowest BCUT2D eigenvalue weighted by molar-refractivity contribution is -0.274. The molecule has 2 rings (SSSR count). The third kappa shape index (κ3) is 6.07. The van der Waals surface area contributed by atoms with Crippen molar-refractivity contribution in [2.75, 3.05) is 7.11 Å². The molecule has 1 N–H and O–H groups in total. The van der Waals surface area contributed by atoms with Gasteiger partial charge in [-0.15, -0.1) is 13.2 Å². The number of esters is 1. The summed E-state index contributed by atoms with van der Waals surface area (Å²) >= 11 is 0. The first-order valence-corrected chi connectivity index (χ1v) is 7.35. The fourth-order valence-electron chi connectivity index (χ4n) is 1.99. The van der Waals surface area contributed by atoms with Crippen molar-refractivity contribution in [2.45, 2.75) is 6.36 Å². The van der Waals surface area contributed by atoms with Gasteiger partial charge in [0, 0.05) is 6.08 Å². The minimum Gasteiger partial charge on any atom is -0.493 e. The standard InChI is InChI=1S/C18H13F3O6/c1-25-15-10-11(3-9-16(22)23)2-8-14(15)26-17(24)12-4-6-13(7-5-12)27-18(19,20)21/h2-10H,1H3,(H,22,23)/b9-3+. The van der Waals surface area contributed by atoms with Crippen LogP contribution in [-0.2, 0) is 4.79 Å². The molecule has 0 bridgehead atoms. The molecule has 0 saturated heterocycles. The highest BCUT2D eigenvalue weighted by Gasteiger charge is 2.31. The summed E-state index contributed by atoms with van der Waals surface area (Å²) in [4.78, 5) is 22.7. The van der Waals surface area contributed by atoms with Gasteiger partial charge < -0.3 is 19.3 Å². The molecule has 0 amide bonds. The van der Waals surface area contributed by atoms with Gasteiger partial charge in [-0.3, -0.25) is 0 Å². The van der Waals surface area contributed by atoms with E-state index < -0.39 is 24.1 Å². The molecule has 0 aliphatic heterocycles. The van der Waals surface area contributed by atoms with Crippen molar-refractivity contribution in [1.29, 1.82) is 0 Å². The molecule has 27 heavy (non-hydrogen) atoms. The molecule has 9 heteroatoms. The summed E-state index contributed by atoms with van der Waals surface area (Å²) < 4.78 is 50.4. The zero-order valence-corrected chi connectivity index (χ0v) is 13.8. The average Bonchev–Trinajstić information content (AvgIpc) is 2.60. The van der Waals surface area contributed by atoms with Crippen molar-refractivity contribution in [1.82, 2.24) is 0 Å². The Kier molecular flexibility index (Phi) is 6.07. The van der Waals surface area contributed by atoms with Crippen LogP contribution < -0.4 is 14.2 Å². The zero-order valence-electron chi connectivity index (χ0n) is 13.8. The molecule has 0 aliphatic carbocycles. The van der Waals surface area contributed by atoms with E-state index in [4.69, 9.17) is 14.6 Å². The number of carboxylic acids is 1. The van der Waals surface area contributed by atoms with Crippen LogP contribution >= 0.6 is 0 Å². The summed E-state index contributed by atoms with van der Waals surface area (Å²) in [5, 5.41) is 8.62. The number of carbonyl (C=O) groups is 2. The van der Waals surface area contributed by atoms with Crippen LogP contribution in [-0.4, -0.2) is 30.5 Å². The van der Waals surface area contributed by atoms with E-state index in [1.807, 2.05) is 0 Å². The van der Waals surface area contributed by atoms with E-state index in [0.717, 1.165) is 30.3 Å². The molecule has 0 aromatic heterocycles. The van der Waals surface area contributed by atoms with Gasteiger partial charge in [0.15, 0.2) is 11.5 Å². The van der Waals surface area contributed by atoms with Crippen LogP contribution in [0.2, 0.25) is 0 Å². The number of ether oxygens (including phenoxy) is 3. The van der Waals surface area contributed by atoms with Crippen LogP contribution in [0.4, 0.5) is 13.2 Å². The predicted molar refractivity (Wildman–Crippen MR) is 87.7 cm³/mol. The van der Waals surface area contributed by atoms with Gasteiger partial charge in [-0.25, -0.2) is 9.59 Å². The third-order valence-electron chi connectivity index (χ3n) is 3.13. The average molecular weight is 382 g/mol. The number of carbonyl (C=O) groups excluding carboxylic acids is 1. The molecule has 0 aliphatic rings. The van der Waals surface area contributed by atoms with Crippen LogP contribution in [0.1, 0.15) is 15.9 Å². The lowest BCUT2D eigenvalue weighted by atomic mass is 10.2. The summed E-state index contributed by atoms with van der Waals surface area (Å²) in [5.74, 6) is -2.17. The molecule has 2 aromatic carbocycles. The van der Waals surface area contributed by atoms with E-state index in [0.29, 0.717) is 5.56 Å². The maximum Gasteiger partial charge on any atom is 0.573 e. The summed E-state index contributed by atoms with van der Waals surface area (Å²) in [6.07, 6.45) is -2.56. The van der Waals surface area contributed by atoms with E-state index in [1.54, 1.807) is 0 Å². The van der Waals surface area contributed by atoms with Gasteiger partial charge >= 0.3 is 18.3 Å². The monoisotopic (exact) mass is 382 g/mol. The molecule has 0 saturated carbocycles. The Hall–Kier alpha value is -3.49. The lowest BCUT2D eigenvalue weighted by Gasteiger charge is -2.11. The quantitative estimate of drug-likeness (QED) is 0.463. The van der Waals surface area contributed by atoms with Crippen molar-refractivity contribution in [3.63, 3.8) is 0 Å². The van der Waals surface area contributed by atoms with Crippen molar-refractivity contribution in [3.05, 3.63) is 59.7 Å². The first-order chi connectivity index (χ1) is 12.7. The number of hydrogen-bond acceptors (Lipinski definition) is 5.